The molecule has 0 aliphatic carbocycles. The number of ether oxygens (including phenoxy) is 2. The Balaban J connectivity index is 1.94. The van der Waals surface area contributed by atoms with Crippen LogP contribution < -0.4 is 20.5 Å². The molecule has 2 rings (SSSR count). The SMILES string of the molecule is COc1ccc(C(=O)NC2CCN(CC(N)=O)CC2)c(OC)c1. The minimum absolute atomic E-state index is 0.0819. The number of piperidine rings is 1. The number of amides is 2. The lowest BCUT2D eigenvalue weighted by Crippen LogP contribution is -2.46. The molecular weight excluding hydrogens is 298 g/mol. The number of benzene rings is 1. The molecule has 0 bridgehead atoms. The summed E-state index contributed by atoms with van der Waals surface area (Å²) in [7, 11) is 3.09. The molecule has 7 heteroatoms. The fraction of sp³-hybridized carbons (Fsp3) is 0.500. The zero-order valence-corrected chi connectivity index (χ0v) is 13.5. The van der Waals surface area contributed by atoms with Crippen LogP contribution in [0.25, 0.3) is 0 Å². The lowest BCUT2D eigenvalue weighted by atomic mass is 10.0. The molecule has 126 valence electrons. The van der Waals surface area contributed by atoms with Crippen LogP contribution >= 0.6 is 0 Å². The van der Waals surface area contributed by atoms with E-state index in [2.05, 4.69) is 5.32 Å². The number of carbonyl (C=O) groups is 2. The van der Waals surface area contributed by atoms with Gasteiger partial charge in [-0.05, 0) is 25.0 Å². The first-order valence-electron chi connectivity index (χ1n) is 7.57. The van der Waals surface area contributed by atoms with Gasteiger partial charge in [-0.25, -0.2) is 0 Å². The molecule has 1 aromatic rings. The maximum Gasteiger partial charge on any atom is 0.255 e. The van der Waals surface area contributed by atoms with Crippen molar-refractivity contribution in [2.45, 2.75) is 18.9 Å². The summed E-state index contributed by atoms with van der Waals surface area (Å²) in [5.74, 6) is 0.625. The standard InChI is InChI=1S/C16H23N3O4/c1-22-12-3-4-13(14(9-12)23-2)16(21)18-11-5-7-19(8-6-11)10-15(17)20/h3-4,9,11H,5-8,10H2,1-2H3,(H2,17,20)(H,18,21). The summed E-state index contributed by atoms with van der Waals surface area (Å²) in [6, 6.07) is 5.19. The number of nitrogens with two attached hydrogens (primary N) is 1. The second-order valence-electron chi connectivity index (χ2n) is 5.56. The summed E-state index contributed by atoms with van der Waals surface area (Å²) in [5.41, 5.74) is 5.68. The third kappa shape index (κ3) is 4.59. The fourth-order valence-electron chi connectivity index (χ4n) is 2.71. The van der Waals surface area contributed by atoms with Gasteiger partial charge in [0.25, 0.3) is 5.91 Å². The number of rotatable bonds is 6. The summed E-state index contributed by atoms with van der Waals surface area (Å²) in [6.45, 7) is 1.76. The number of nitrogens with one attached hydrogen (secondary N) is 1. The van der Waals surface area contributed by atoms with Crippen molar-refractivity contribution in [1.82, 2.24) is 10.2 Å². The maximum absolute atomic E-state index is 12.4. The first-order valence-corrected chi connectivity index (χ1v) is 7.57. The zero-order valence-electron chi connectivity index (χ0n) is 13.5. The van der Waals surface area contributed by atoms with E-state index >= 15 is 0 Å². The number of methoxy groups -OCH3 is 2. The van der Waals surface area contributed by atoms with E-state index in [4.69, 9.17) is 15.2 Å². The van der Waals surface area contributed by atoms with Crippen LogP contribution in [0.2, 0.25) is 0 Å². The third-order valence-electron chi connectivity index (χ3n) is 3.96. The molecule has 0 unspecified atom stereocenters. The van der Waals surface area contributed by atoms with Gasteiger partial charge >= 0.3 is 0 Å². The van der Waals surface area contributed by atoms with Gasteiger partial charge in [-0.2, -0.15) is 0 Å². The molecule has 7 nitrogen and oxygen atoms in total. The number of nitrogens with zero attached hydrogens (tertiary/aromatic N) is 1. The Hall–Kier alpha value is -2.28. The number of hydrogen-bond acceptors (Lipinski definition) is 5. The van der Waals surface area contributed by atoms with Gasteiger partial charge in [0.2, 0.25) is 5.91 Å². The van der Waals surface area contributed by atoms with E-state index in [1.807, 2.05) is 4.90 Å². The minimum atomic E-state index is -0.324. The number of hydrogen-bond donors (Lipinski definition) is 2. The van der Waals surface area contributed by atoms with Crippen molar-refractivity contribution in [3.63, 3.8) is 0 Å². The summed E-state index contributed by atoms with van der Waals surface area (Å²) >= 11 is 0. The second kappa shape index (κ2) is 7.82. The molecule has 23 heavy (non-hydrogen) atoms. The van der Waals surface area contributed by atoms with E-state index in [1.54, 1.807) is 25.3 Å². The van der Waals surface area contributed by atoms with Gasteiger partial charge in [-0.1, -0.05) is 0 Å². The Bertz CT molecular complexity index is 568. The molecule has 0 atom stereocenters. The largest absolute Gasteiger partial charge is 0.497 e. The third-order valence-corrected chi connectivity index (χ3v) is 3.96. The van der Waals surface area contributed by atoms with Crippen molar-refractivity contribution >= 4 is 11.8 Å². The normalized spacial score (nSPS) is 15.9. The highest BCUT2D eigenvalue weighted by Gasteiger charge is 2.23. The Morgan fingerprint density at radius 1 is 1.26 bits per heavy atom. The molecule has 1 aromatic carbocycles. The highest BCUT2D eigenvalue weighted by atomic mass is 16.5. The molecule has 1 fully saturated rings. The van der Waals surface area contributed by atoms with E-state index in [0.717, 1.165) is 25.9 Å². The summed E-state index contributed by atoms with van der Waals surface area (Å²) < 4.78 is 10.4. The zero-order chi connectivity index (χ0) is 16.8. The molecule has 0 saturated carbocycles. The van der Waals surface area contributed by atoms with E-state index in [0.29, 0.717) is 17.1 Å². The van der Waals surface area contributed by atoms with Crippen molar-refractivity contribution in [2.75, 3.05) is 33.9 Å². The van der Waals surface area contributed by atoms with Crippen LogP contribution in [-0.4, -0.2) is 56.6 Å². The van der Waals surface area contributed by atoms with E-state index in [1.165, 1.54) is 7.11 Å². The van der Waals surface area contributed by atoms with Crippen LogP contribution in [0.5, 0.6) is 11.5 Å². The molecule has 1 aliphatic rings. The molecule has 0 spiro atoms. The van der Waals surface area contributed by atoms with Gasteiger partial charge in [0.1, 0.15) is 11.5 Å². The van der Waals surface area contributed by atoms with Crippen LogP contribution in [0, 0.1) is 0 Å². The summed E-state index contributed by atoms with van der Waals surface area (Å²) in [5, 5.41) is 3.02. The van der Waals surface area contributed by atoms with Crippen molar-refractivity contribution in [1.29, 1.82) is 0 Å². The topological polar surface area (TPSA) is 93.9 Å². The molecule has 3 N–H and O–H groups in total. The van der Waals surface area contributed by atoms with Crippen LogP contribution in [0.4, 0.5) is 0 Å². The van der Waals surface area contributed by atoms with Crippen LogP contribution in [-0.2, 0) is 4.79 Å². The molecule has 2 amide bonds. The van der Waals surface area contributed by atoms with Crippen molar-refractivity contribution < 1.29 is 19.1 Å². The highest BCUT2D eigenvalue weighted by Crippen LogP contribution is 2.24. The van der Waals surface area contributed by atoms with E-state index in [-0.39, 0.29) is 24.4 Å². The van der Waals surface area contributed by atoms with Crippen LogP contribution in [0.1, 0.15) is 23.2 Å². The van der Waals surface area contributed by atoms with Gasteiger partial charge in [0.15, 0.2) is 0 Å². The van der Waals surface area contributed by atoms with Crippen molar-refractivity contribution in [3.8, 4) is 11.5 Å². The van der Waals surface area contributed by atoms with Gasteiger partial charge in [-0.3, -0.25) is 14.5 Å². The van der Waals surface area contributed by atoms with Gasteiger partial charge in [-0.15, -0.1) is 0 Å². The lowest BCUT2D eigenvalue weighted by Gasteiger charge is -2.31. The minimum Gasteiger partial charge on any atom is -0.497 e. The maximum atomic E-state index is 12.4. The predicted octanol–water partition coefficient (Wildman–Crippen LogP) is 0.383. The quantitative estimate of drug-likeness (QED) is 0.790. The second-order valence-corrected chi connectivity index (χ2v) is 5.56. The first kappa shape index (κ1) is 17.1. The highest BCUT2D eigenvalue weighted by molar-refractivity contribution is 5.97. The average molecular weight is 321 g/mol. The number of primary amides is 1. The van der Waals surface area contributed by atoms with Crippen LogP contribution in [0.3, 0.4) is 0 Å². The Morgan fingerprint density at radius 3 is 2.52 bits per heavy atom. The van der Waals surface area contributed by atoms with Crippen LogP contribution in [0.15, 0.2) is 18.2 Å². The monoisotopic (exact) mass is 321 g/mol. The Kier molecular flexibility index (Phi) is 5.81. The molecule has 0 aromatic heterocycles. The van der Waals surface area contributed by atoms with Gasteiger partial charge in [0, 0.05) is 25.2 Å². The number of likely N-dealkylation sites (tertiary alicyclic amines) is 1. The number of carbonyl (C=O) groups excluding carboxylic acids is 2. The average Bonchev–Trinajstić information content (AvgIpc) is 2.55. The Labute approximate surface area is 135 Å². The first-order chi connectivity index (χ1) is 11.0. The lowest BCUT2D eigenvalue weighted by molar-refractivity contribution is -0.119. The summed E-state index contributed by atoms with van der Waals surface area (Å²) in [6.07, 6.45) is 1.58. The smallest absolute Gasteiger partial charge is 0.255 e. The summed E-state index contributed by atoms with van der Waals surface area (Å²) in [4.78, 5) is 25.4. The van der Waals surface area contributed by atoms with Gasteiger partial charge in [0.05, 0.1) is 26.3 Å². The molecule has 1 saturated heterocycles. The van der Waals surface area contributed by atoms with Crippen molar-refractivity contribution in [2.24, 2.45) is 5.73 Å². The molecular formula is C16H23N3O4. The molecule has 1 heterocycles. The molecule has 1 aliphatic heterocycles. The van der Waals surface area contributed by atoms with E-state index < -0.39 is 0 Å². The van der Waals surface area contributed by atoms with Crippen molar-refractivity contribution in [3.05, 3.63) is 23.8 Å². The van der Waals surface area contributed by atoms with Gasteiger partial charge < -0.3 is 20.5 Å². The Morgan fingerprint density at radius 2 is 1.96 bits per heavy atom. The predicted molar refractivity (Wildman–Crippen MR) is 85.7 cm³/mol. The fourth-order valence-corrected chi connectivity index (χ4v) is 2.71. The molecule has 0 radical (unpaired) electrons. The van der Waals surface area contributed by atoms with E-state index in [9.17, 15) is 9.59 Å².